The molecule has 0 radical (unpaired) electrons. The molecule has 7 nitrogen and oxygen atoms in total. The number of ether oxygens (including phenoxy) is 1. The van der Waals surface area contributed by atoms with Gasteiger partial charge in [-0.2, -0.15) is 5.10 Å². The zero-order valence-electron chi connectivity index (χ0n) is 14.7. The number of carbonyl (C=O) groups is 2. The number of aromatic nitrogens is 3. The maximum atomic E-state index is 12.8. The highest BCUT2D eigenvalue weighted by Crippen LogP contribution is 2.28. The summed E-state index contributed by atoms with van der Waals surface area (Å²) in [6, 6.07) is 5.52. The number of rotatable bonds is 3. The van der Waals surface area contributed by atoms with E-state index in [-0.39, 0.29) is 23.9 Å². The Morgan fingerprint density at radius 1 is 1.40 bits per heavy atom. The predicted molar refractivity (Wildman–Crippen MR) is 92.7 cm³/mol. The molecular weight excluding hydrogens is 320 g/mol. The van der Waals surface area contributed by atoms with Crippen molar-refractivity contribution in [3.8, 4) is 11.3 Å². The van der Waals surface area contributed by atoms with Crippen LogP contribution in [0.1, 0.15) is 20.3 Å². The van der Waals surface area contributed by atoms with Crippen molar-refractivity contribution in [2.24, 2.45) is 7.05 Å². The highest BCUT2D eigenvalue weighted by molar-refractivity contribution is 6.08. The number of likely N-dealkylation sites (N-methyl/N-ethyl adjacent to an activating group) is 1. The van der Waals surface area contributed by atoms with E-state index < -0.39 is 5.60 Å². The minimum atomic E-state index is -0.689. The summed E-state index contributed by atoms with van der Waals surface area (Å²) < 4.78 is 7.30. The SMILES string of the molecule is CN(C(=O)C1=CC(=O)CC(C)(C)O1)c1cc(-c2cccnc2)nn1C. The van der Waals surface area contributed by atoms with E-state index in [0.29, 0.717) is 11.5 Å². The Hall–Kier alpha value is -2.96. The van der Waals surface area contributed by atoms with E-state index >= 15 is 0 Å². The number of hydrogen-bond donors (Lipinski definition) is 0. The molecule has 0 saturated heterocycles. The van der Waals surface area contributed by atoms with Crippen molar-refractivity contribution >= 4 is 17.5 Å². The van der Waals surface area contributed by atoms with Gasteiger partial charge in [0, 0.05) is 50.6 Å². The van der Waals surface area contributed by atoms with Gasteiger partial charge in [0.05, 0.1) is 5.69 Å². The van der Waals surface area contributed by atoms with Gasteiger partial charge in [0.25, 0.3) is 5.91 Å². The molecule has 1 amide bonds. The molecule has 0 spiro atoms. The summed E-state index contributed by atoms with van der Waals surface area (Å²) in [4.78, 5) is 30.1. The van der Waals surface area contributed by atoms with Gasteiger partial charge in [-0.15, -0.1) is 0 Å². The van der Waals surface area contributed by atoms with Crippen molar-refractivity contribution in [1.29, 1.82) is 0 Å². The molecule has 2 aromatic heterocycles. The number of allylic oxidation sites excluding steroid dienone is 1. The van der Waals surface area contributed by atoms with Crippen LogP contribution in [0.2, 0.25) is 0 Å². The molecule has 3 rings (SSSR count). The molecule has 7 heteroatoms. The first-order chi connectivity index (χ1) is 11.8. The summed E-state index contributed by atoms with van der Waals surface area (Å²) in [5.74, 6) is 0.132. The average molecular weight is 340 g/mol. The molecule has 25 heavy (non-hydrogen) atoms. The van der Waals surface area contributed by atoms with Crippen LogP contribution in [0.3, 0.4) is 0 Å². The summed E-state index contributed by atoms with van der Waals surface area (Å²) in [5, 5.41) is 4.43. The first kappa shape index (κ1) is 16.9. The van der Waals surface area contributed by atoms with E-state index in [0.717, 1.165) is 5.56 Å². The van der Waals surface area contributed by atoms with Crippen molar-refractivity contribution in [3.63, 3.8) is 0 Å². The van der Waals surface area contributed by atoms with Crippen molar-refractivity contribution in [2.75, 3.05) is 11.9 Å². The van der Waals surface area contributed by atoms with Gasteiger partial charge in [0.2, 0.25) is 0 Å². The highest BCUT2D eigenvalue weighted by atomic mass is 16.5. The van der Waals surface area contributed by atoms with Crippen molar-refractivity contribution < 1.29 is 14.3 Å². The van der Waals surface area contributed by atoms with Gasteiger partial charge in [-0.25, -0.2) is 0 Å². The standard InChI is InChI=1S/C18H20N4O3/c1-18(2)10-13(23)8-15(25-18)17(24)21(3)16-9-14(20-22(16)4)12-6-5-7-19-11-12/h5-9,11H,10H2,1-4H3. The molecule has 0 atom stereocenters. The average Bonchev–Trinajstić information content (AvgIpc) is 2.94. The molecule has 0 bridgehead atoms. The topological polar surface area (TPSA) is 77.3 Å². The fourth-order valence-electron chi connectivity index (χ4n) is 2.78. The largest absolute Gasteiger partial charge is 0.481 e. The summed E-state index contributed by atoms with van der Waals surface area (Å²) in [5.41, 5.74) is 0.875. The number of hydrogen-bond acceptors (Lipinski definition) is 5. The summed E-state index contributed by atoms with van der Waals surface area (Å²) in [7, 11) is 3.38. The first-order valence-electron chi connectivity index (χ1n) is 7.93. The Bertz CT molecular complexity index is 852. The number of pyridine rings is 1. The lowest BCUT2D eigenvalue weighted by molar-refractivity contribution is -0.129. The monoisotopic (exact) mass is 340 g/mol. The van der Waals surface area contributed by atoms with E-state index in [1.165, 1.54) is 11.0 Å². The summed E-state index contributed by atoms with van der Waals surface area (Å²) in [6.07, 6.45) is 4.92. The minimum absolute atomic E-state index is 0.0490. The molecule has 0 aromatic carbocycles. The lowest BCUT2D eigenvalue weighted by Gasteiger charge is -2.31. The van der Waals surface area contributed by atoms with E-state index in [4.69, 9.17) is 4.74 Å². The van der Waals surface area contributed by atoms with Gasteiger partial charge < -0.3 is 4.74 Å². The Kier molecular flexibility index (Phi) is 4.16. The summed E-state index contributed by atoms with van der Waals surface area (Å²) >= 11 is 0. The molecule has 0 N–H and O–H groups in total. The van der Waals surface area contributed by atoms with Crippen molar-refractivity contribution in [1.82, 2.24) is 14.8 Å². The van der Waals surface area contributed by atoms with Crippen LogP contribution in [0.15, 0.2) is 42.4 Å². The Labute approximate surface area is 145 Å². The molecule has 1 aliphatic rings. The normalized spacial score (nSPS) is 16.2. The van der Waals surface area contributed by atoms with Gasteiger partial charge in [-0.1, -0.05) is 0 Å². The fourth-order valence-corrected chi connectivity index (χ4v) is 2.78. The van der Waals surface area contributed by atoms with Gasteiger partial charge in [-0.3, -0.25) is 24.2 Å². The second-order valence-electron chi connectivity index (χ2n) is 6.63. The number of carbonyl (C=O) groups excluding carboxylic acids is 2. The van der Waals surface area contributed by atoms with Gasteiger partial charge in [0.15, 0.2) is 11.5 Å². The van der Waals surface area contributed by atoms with Crippen LogP contribution in [0, 0.1) is 0 Å². The van der Waals surface area contributed by atoms with Crippen molar-refractivity contribution in [3.05, 3.63) is 42.4 Å². The molecule has 3 heterocycles. The number of amides is 1. The molecule has 1 aliphatic heterocycles. The second kappa shape index (κ2) is 6.16. The minimum Gasteiger partial charge on any atom is -0.481 e. The van der Waals surface area contributed by atoms with Crippen LogP contribution in [-0.2, 0) is 21.4 Å². The third-order valence-corrected chi connectivity index (χ3v) is 3.95. The maximum absolute atomic E-state index is 12.8. The molecular formula is C18H20N4O3. The number of nitrogens with zero attached hydrogens (tertiary/aromatic N) is 4. The van der Waals surface area contributed by atoms with E-state index in [1.54, 1.807) is 51.1 Å². The molecule has 0 unspecified atom stereocenters. The van der Waals surface area contributed by atoms with Gasteiger partial charge in [-0.05, 0) is 26.0 Å². The zero-order chi connectivity index (χ0) is 18.2. The van der Waals surface area contributed by atoms with Crippen LogP contribution in [0.25, 0.3) is 11.3 Å². The van der Waals surface area contributed by atoms with Crippen LogP contribution >= 0.6 is 0 Å². The summed E-state index contributed by atoms with van der Waals surface area (Å²) in [6.45, 7) is 3.57. The third-order valence-electron chi connectivity index (χ3n) is 3.95. The fraction of sp³-hybridized carbons (Fsp3) is 0.333. The first-order valence-corrected chi connectivity index (χ1v) is 7.93. The van der Waals surface area contributed by atoms with E-state index in [1.807, 2.05) is 12.1 Å². The maximum Gasteiger partial charge on any atom is 0.294 e. The van der Waals surface area contributed by atoms with Crippen LogP contribution in [0.4, 0.5) is 5.82 Å². The second-order valence-corrected chi connectivity index (χ2v) is 6.63. The molecule has 0 aliphatic carbocycles. The predicted octanol–water partition coefficient (Wildman–Crippen LogP) is 2.10. The highest BCUT2D eigenvalue weighted by Gasteiger charge is 2.33. The number of ketones is 1. The number of aryl methyl sites for hydroxylation is 1. The van der Waals surface area contributed by atoms with Crippen LogP contribution in [0.5, 0.6) is 0 Å². The third kappa shape index (κ3) is 3.45. The number of anilines is 1. The van der Waals surface area contributed by atoms with Gasteiger partial charge >= 0.3 is 0 Å². The van der Waals surface area contributed by atoms with Gasteiger partial charge in [0.1, 0.15) is 11.4 Å². The molecule has 0 saturated carbocycles. The van der Waals surface area contributed by atoms with Crippen LogP contribution in [-0.4, -0.2) is 39.1 Å². The Morgan fingerprint density at radius 3 is 2.80 bits per heavy atom. The molecule has 2 aromatic rings. The molecule has 0 fully saturated rings. The van der Waals surface area contributed by atoms with Crippen molar-refractivity contribution in [2.45, 2.75) is 25.9 Å². The van der Waals surface area contributed by atoms with E-state index in [9.17, 15) is 9.59 Å². The quantitative estimate of drug-likeness (QED) is 0.855. The zero-order valence-corrected chi connectivity index (χ0v) is 14.7. The molecule has 130 valence electrons. The lowest BCUT2D eigenvalue weighted by Crippen LogP contribution is -2.38. The Balaban J connectivity index is 1.88. The lowest BCUT2D eigenvalue weighted by atomic mass is 9.98. The van der Waals surface area contributed by atoms with E-state index in [2.05, 4.69) is 10.1 Å². The Morgan fingerprint density at radius 2 is 2.16 bits per heavy atom. The van der Waals surface area contributed by atoms with Crippen LogP contribution < -0.4 is 4.90 Å². The smallest absolute Gasteiger partial charge is 0.294 e.